The van der Waals surface area contributed by atoms with Gasteiger partial charge >= 0.3 is 0 Å². The van der Waals surface area contributed by atoms with Crippen LogP contribution in [0.2, 0.25) is 0 Å². The fourth-order valence-corrected chi connectivity index (χ4v) is 5.65. The van der Waals surface area contributed by atoms with Gasteiger partial charge in [-0.05, 0) is 70.2 Å². The molecule has 0 spiro atoms. The summed E-state index contributed by atoms with van der Waals surface area (Å²) in [6.45, 7) is 8.08. The number of ether oxygens (including phenoxy) is 1. The van der Waals surface area contributed by atoms with Crippen LogP contribution in [0, 0.1) is 33.5 Å². The second-order valence-electron chi connectivity index (χ2n) is 10.4. The van der Waals surface area contributed by atoms with Crippen molar-refractivity contribution in [3.05, 3.63) is 92.9 Å². The van der Waals surface area contributed by atoms with Gasteiger partial charge in [0.25, 0.3) is 5.95 Å². The summed E-state index contributed by atoms with van der Waals surface area (Å²) in [6, 6.07) is 12.1. The van der Waals surface area contributed by atoms with Crippen molar-refractivity contribution >= 4 is 27.5 Å². The van der Waals surface area contributed by atoms with Gasteiger partial charge in [-0.25, -0.2) is 23.7 Å². The lowest BCUT2D eigenvalue weighted by Crippen LogP contribution is -2.20. The number of hydrogen-bond donors (Lipinski definition) is 1. The molecule has 0 unspecified atom stereocenters. The van der Waals surface area contributed by atoms with Gasteiger partial charge in [-0.15, -0.1) is 5.10 Å². The molecule has 214 valence electrons. The molecule has 1 aliphatic heterocycles. The molecule has 0 saturated heterocycles. The third kappa shape index (κ3) is 5.41. The van der Waals surface area contributed by atoms with Crippen LogP contribution >= 0.6 is 15.9 Å². The van der Waals surface area contributed by atoms with Gasteiger partial charge in [0.1, 0.15) is 17.3 Å². The number of halogens is 2. The van der Waals surface area contributed by atoms with E-state index in [1.54, 1.807) is 21.6 Å². The van der Waals surface area contributed by atoms with Crippen LogP contribution in [-0.2, 0) is 11.2 Å². The molecule has 5 aromatic rings. The Balaban J connectivity index is 1.21. The minimum absolute atomic E-state index is 0.0874. The third-order valence-corrected chi connectivity index (χ3v) is 7.77. The van der Waals surface area contributed by atoms with Gasteiger partial charge in [0.15, 0.2) is 0 Å². The van der Waals surface area contributed by atoms with Gasteiger partial charge in [-0.3, -0.25) is 4.79 Å². The summed E-state index contributed by atoms with van der Waals surface area (Å²) in [5.41, 5.74) is 5.99. The first-order valence-corrected chi connectivity index (χ1v) is 14.3. The molecule has 1 atom stereocenters. The number of fused-ring (bicyclic) bond motifs is 1. The molecule has 4 heterocycles. The first kappa shape index (κ1) is 27.7. The molecule has 2 aromatic carbocycles. The average molecular weight is 632 g/mol. The quantitative estimate of drug-likeness (QED) is 0.259. The molecule has 6 rings (SSSR count). The molecule has 1 aliphatic rings. The van der Waals surface area contributed by atoms with Crippen LogP contribution in [-0.4, -0.2) is 47.3 Å². The van der Waals surface area contributed by atoms with Gasteiger partial charge in [0.05, 0.1) is 31.0 Å². The topological polar surface area (TPSA) is 113 Å². The second-order valence-corrected chi connectivity index (χ2v) is 11.3. The van der Waals surface area contributed by atoms with E-state index in [2.05, 4.69) is 46.6 Å². The summed E-state index contributed by atoms with van der Waals surface area (Å²) < 4.78 is 25.1. The number of amides is 1. The molecule has 42 heavy (non-hydrogen) atoms. The highest BCUT2D eigenvalue weighted by Crippen LogP contribution is 2.37. The molecule has 3 aromatic heterocycles. The van der Waals surface area contributed by atoms with Crippen LogP contribution in [0.3, 0.4) is 0 Å². The van der Waals surface area contributed by atoms with Crippen molar-refractivity contribution in [3.63, 3.8) is 0 Å². The van der Waals surface area contributed by atoms with Crippen LogP contribution in [0.5, 0.6) is 5.75 Å². The van der Waals surface area contributed by atoms with E-state index >= 15 is 0 Å². The monoisotopic (exact) mass is 630 g/mol. The van der Waals surface area contributed by atoms with E-state index in [0.717, 1.165) is 38.4 Å². The predicted molar refractivity (Wildman–Crippen MR) is 158 cm³/mol. The van der Waals surface area contributed by atoms with Gasteiger partial charge in [0.2, 0.25) is 5.91 Å². The average Bonchev–Trinajstić information content (AvgIpc) is 3.54. The number of benzene rings is 2. The summed E-state index contributed by atoms with van der Waals surface area (Å²) in [5, 5.41) is 16.0. The van der Waals surface area contributed by atoms with Crippen LogP contribution in [0.15, 0.2) is 53.1 Å². The maximum Gasteiger partial charge on any atom is 0.251 e. The van der Waals surface area contributed by atoms with E-state index in [0.29, 0.717) is 36.1 Å². The zero-order valence-corrected chi connectivity index (χ0v) is 25.1. The maximum absolute atomic E-state index is 15.0. The number of carbonyl (C=O) groups excluding carboxylic acids is 1. The Bertz CT molecular complexity index is 1810. The fourth-order valence-electron chi connectivity index (χ4n) is 5.27. The number of rotatable bonds is 6. The molecular weight excluding hydrogens is 603 g/mol. The second kappa shape index (κ2) is 11.1. The largest absolute Gasteiger partial charge is 0.493 e. The fraction of sp³-hybridized carbons (Fsp3) is 0.267. The smallest absolute Gasteiger partial charge is 0.251 e. The normalized spacial score (nSPS) is 14.4. The molecule has 0 saturated carbocycles. The number of aryl methyl sites for hydroxylation is 3. The Kier molecular flexibility index (Phi) is 7.31. The number of anilines is 1. The predicted octanol–water partition coefficient (Wildman–Crippen LogP) is 5.61. The number of hydrogen-bond acceptors (Lipinski definition) is 7. The molecule has 0 fully saturated rings. The van der Waals surface area contributed by atoms with Crippen molar-refractivity contribution in [2.75, 3.05) is 11.9 Å². The van der Waals surface area contributed by atoms with Gasteiger partial charge in [-0.2, -0.15) is 5.10 Å². The Labute approximate surface area is 250 Å². The summed E-state index contributed by atoms with van der Waals surface area (Å²) in [5.74, 6) is 0.539. The van der Waals surface area contributed by atoms with E-state index in [4.69, 9.17) is 4.74 Å². The number of nitrogens with zero attached hydrogens (tertiary/aromatic N) is 7. The summed E-state index contributed by atoms with van der Waals surface area (Å²) in [4.78, 5) is 22.1. The molecule has 0 radical (unpaired) electrons. The molecule has 0 bridgehead atoms. The van der Waals surface area contributed by atoms with Crippen molar-refractivity contribution in [2.24, 2.45) is 0 Å². The third-order valence-electron chi connectivity index (χ3n) is 7.27. The molecule has 0 aliphatic carbocycles. The van der Waals surface area contributed by atoms with Crippen molar-refractivity contribution in [1.29, 1.82) is 0 Å². The van der Waals surface area contributed by atoms with Crippen molar-refractivity contribution in [2.45, 2.75) is 46.6 Å². The summed E-state index contributed by atoms with van der Waals surface area (Å²) in [6.07, 6.45) is 2.51. The Morgan fingerprint density at radius 3 is 2.67 bits per heavy atom. The number of carbonyl (C=O) groups is 1. The number of nitrogens with one attached hydrogen (secondary N) is 1. The van der Waals surface area contributed by atoms with Gasteiger partial charge < -0.3 is 10.1 Å². The Hall–Kier alpha value is -4.45. The van der Waals surface area contributed by atoms with E-state index in [1.807, 2.05) is 52.0 Å². The summed E-state index contributed by atoms with van der Waals surface area (Å²) >= 11 is 3.52. The minimum Gasteiger partial charge on any atom is -0.493 e. The first-order chi connectivity index (χ1) is 20.2. The van der Waals surface area contributed by atoms with Crippen LogP contribution in [0.4, 0.5) is 10.1 Å². The highest BCUT2D eigenvalue weighted by molar-refractivity contribution is 9.10. The Morgan fingerprint density at radius 1 is 1.10 bits per heavy atom. The van der Waals surface area contributed by atoms with E-state index in [9.17, 15) is 9.18 Å². The standard InChI is InChI=1S/C30H28BrFN8O2/c1-16-11-17(2)34-30(33-16)40-19(4)22(18(3)37-40)14-29(41)35-21-6-7-25(32)23(13-21)26-15-39(38-36-26)27-9-10-42-28-8-5-20(31)12-24(27)28/h5-8,11-13,15,27H,9-10,14H2,1-4H3,(H,35,41)/t27-/m0/s1. The molecule has 1 N–H and O–H groups in total. The first-order valence-electron chi connectivity index (χ1n) is 13.5. The zero-order valence-electron chi connectivity index (χ0n) is 23.5. The maximum atomic E-state index is 15.0. The number of aromatic nitrogens is 7. The molecule has 10 nitrogen and oxygen atoms in total. The molecular formula is C30H28BrFN8O2. The lowest BCUT2D eigenvalue weighted by atomic mass is 10.0. The zero-order chi connectivity index (χ0) is 29.5. The van der Waals surface area contributed by atoms with Crippen molar-refractivity contribution < 1.29 is 13.9 Å². The molecule has 1 amide bonds. The van der Waals surface area contributed by atoms with E-state index in [1.165, 1.54) is 12.1 Å². The molecule has 12 heteroatoms. The minimum atomic E-state index is -0.461. The van der Waals surface area contributed by atoms with E-state index < -0.39 is 5.82 Å². The Morgan fingerprint density at radius 2 is 1.88 bits per heavy atom. The highest BCUT2D eigenvalue weighted by atomic mass is 79.9. The lowest BCUT2D eigenvalue weighted by molar-refractivity contribution is -0.115. The van der Waals surface area contributed by atoms with Crippen molar-refractivity contribution in [3.8, 4) is 23.0 Å². The summed E-state index contributed by atoms with van der Waals surface area (Å²) in [7, 11) is 0. The van der Waals surface area contributed by atoms with Crippen LogP contribution in [0.25, 0.3) is 17.2 Å². The van der Waals surface area contributed by atoms with Gasteiger partial charge in [-0.1, -0.05) is 21.1 Å². The van der Waals surface area contributed by atoms with E-state index in [-0.39, 0.29) is 23.9 Å². The van der Waals surface area contributed by atoms with Crippen LogP contribution < -0.4 is 10.1 Å². The lowest BCUT2D eigenvalue weighted by Gasteiger charge is -2.25. The van der Waals surface area contributed by atoms with Gasteiger partial charge in [0, 0.05) is 50.4 Å². The van der Waals surface area contributed by atoms with Crippen LogP contribution in [0.1, 0.15) is 46.4 Å². The van der Waals surface area contributed by atoms with Crippen molar-refractivity contribution in [1.82, 2.24) is 34.7 Å². The highest BCUT2D eigenvalue weighted by Gasteiger charge is 2.25. The SMILES string of the molecule is Cc1cc(C)nc(-n2nc(C)c(CC(=O)Nc3ccc(F)c(-c4cn([C@H]5CCOc6ccc(Br)cc65)nn4)c3)c2C)n1.